The Bertz CT molecular complexity index is 451. The molecule has 0 spiro atoms. The van der Waals surface area contributed by atoms with E-state index in [1.807, 2.05) is 32.1 Å². The smallest absolute Gasteiger partial charge is 0.322 e. The summed E-state index contributed by atoms with van der Waals surface area (Å²) in [7, 11) is 3.99. The average Bonchev–Trinajstić information content (AvgIpc) is 2.69. The van der Waals surface area contributed by atoms with Gasteiger partial charge in [-0.05, 0) is 33.6 Å². The molecule has 1 fully saturated rings. The number of nitrogens with one attached hydrogen (secondary N) is 3. The summed E-state index contributed by atoms with van der Waals surface area (Å²) in [6.07, 6.45) is 3.87. The molecule has 5 N–H and O–H groups in total. The minimum atomic E-state index is -0.725. The molecule has 0 atom stereocenters. The first-order chi connectivity index (χ1) is 11.0. The van der Waals surface area contributed by atoms with E-state index in [0.29, 0.717) is 5.57 Å². The molecule has 0 aromatic rings. The van der Waals surface area contributed by atoms with Crippen LogP contribution in [0.5, 0.6) is 0 Å². The standard InChI is InChI=1S/C6H11NO.C5H8N2O2.C5H14N2.BrH/c1-3-4-5(2)6(7)8;1-5(2)3(8)6-4(9)7-5;1-4-5-6-7(2)3;/h4H,3H2,1-2H3,(H2,7,8);1-2H3,(H2,6,7,8,9);6H,4-5H2,1-3H3;1H. The van der Waals surface area contributed by atoms with Gasteiger partial charge in [-0.3, -0.25) is 25.3 Å². The second kappa shape index (κ2) is 14.9. The summed E-state index contributed by atoms with van der Waals surface area (Å²) in [6, 6.07) is -0.412. The van der Waals surface area contributed by atoms with Crippen molar-refractivity contribution in [1.29, 1.82) is 0 Å². The molecule has 1 aliphatic rings. The first-order valence-electron chi connectivity index (χ1n) is 7.98. The average molecular weight is 424 g/mol. The van der Waals surface area contributed by atoms with Gasteiger partial charge in [-0.2, -0.15) is 0 Å². The Labute approximate surface area is 161 Å². The summed E-state index contributed by atoms with van der Waals surface area (Å²) in [5.41, 5.74) is 7.96. The highest BCUT2D eigenvalue weighted by Crippen LogP contribution is 2.06. The molecule has 25 heavy (non-hydrogen) atoms. The Morgan fingerprint density at radius 3 is 1.92 bits per heavy atom. The third-order valence-electron chi connectivity index (χ3n) is 2.80. The van der Waals surface area contributed by atoms with Gasteiger partial charge in [-0.15, -0.1) is 17.0 Å². The minimum Gasteiger partial charge on any atom is -0.366 e. The first-order valence-corrected chi connectivity index (χ1v) is 7.98. The molecule has 0 radical (unpaired) electrons. The number of hydrogen-bond donors (Lipinski definition) is 4. The summed E-state index contributed by atoms with van der Waals surface area (Å²) in [6.45, 7) is 10.2. The second-order valence-electron chi connectivity index (χ2n) is 6.00. The summed E-state index contributed by atoms with van der Waals surface area (Å²) >= 11 is 0. The minimum absolute atomic E-state index is 0. The van der Waals surface area contributed by atoms with E-state index in [1.165, 1.54) is 6.42 Å². The number of primary amides is 1. The molecule has 0 bridgehead atoms. The van der Waals surface area contributed by atoms with Crippen LogP contribution in [0.15, 0.2) is 11.6 Å². The molecule has 8 nitrogen and oxygen atoms in total. The maximum Gasteiger partial charge on any atom is 0.322 e. The summed E-state index contributed by atoms with van der Waals surface area (Å²) in [5.74, 6) is -0.598. The molecule has 0 aromatic carbocycles. The second-order valence-corrected chi connectivity index (χ2v) is 6.00. The van der Waals surface area contributed by atoms with Crippen LogP contribution in [0.3, 0.4) is 0 Å². The number of nitrogens with zero attached hydrogens (tertiary/aromatic N) is 1. The predicted molar refractivity (Wildman–Crippen MR) is 106 cm³/mol. The Morgan fingerprint density at radius 1 is 1.28 bits per heavy atom. The fourth-order valence-electron chi connectivity index (χ4n) is 1.37. The lowest BCUT2D eigenvalue weighted by molar-refractivity contribution is -0.122. The number of halogens is 1. The van der Waals surface area contributed by atoms with Crippen LogP contribution in [-0.2, 0) is 9.59 Å². The molecule has 0 unspecified atom stereocenters. The lowest BCUT2D eigenvalue weighted by atomic mass is 10.1. The lowest BCUT2D eigenvalue weighted by Gasteiger charge is -2.11. The Hall–Kier alpha value is -1.45. The molecular formula is C16H34BrN5O3. The van der Waals surface area contributed by atoms with Crippen LogP contribution in [0.2, 0.25) is 0 Å². The van der Waals surface area contributed by atoms with Gasteiger partial charge in [0.15, 0.2) is 0 Å². The molecule has 0 aliphatic carbocycles. The maximum atomic E-state index is 10.7. The number of rotatable bonds is 5. The molecular weight excluding hydrogens is 390 g/mol. The lowest BCUT2D eigenvalue weighted by Crippen LogP contribution is -2.39. The van der Waals surface area contributed by atoms with Crippen LogP contribution < -0.4 is 21.8 Å². The quantitative estimate of drug-likeness (QED) is 0.303. The van der Waals surface area contributed by atoms with E-state index in [1.54, 1.807) is 20.8 Å². The molecule has 1 aliphatic heterocycles. The van der Waals surface area contributed by atoms with Gasteiger partial charge in [-0.25, -0.2) is 4.79 Å². The van der Waals surface area contributed by atoms with Crippen molar-refractivity contribution in [2.24, 2.45) is 5.73 Å². The SMILES string of the molecule is Br.CC1(C)NC(=O)NC1=O.CCC=C(C)C(N)=O.CCCNN(C)C. The molecule has 0 aromatic heterocycles. The predicted octanol–water partition coefficient (Wildman–Crippen LogP) is 1.47. The Morgan fingerprint density at radius 2 is 1.80 bits per heavy atom. The topological polar surface area (TPSA) is 117 Å². The number of allylic oxidation sites excluding steroid dienone is 1. The van der Waals surface area contributed by atoms with Crippen molar-refractivity contribution in [2.75, 3.05) is 20.6 Å². The molecule has 1 rings (SSSR count). The number of carbonyl (C=O) groups excluding carboxylic acids is 3. The van der Waals surface area contributed by atoms with Crippen molar-refractivity contribution in [3.8, 4) is 0 Å². The number of imide groups is 1. The summed E-state index contributed by atoms with van der Waals surface area (Å²) < 4.78 is 0. The van der Waals surface area contributed by atoms with Crippen molar-refractivity contribution >= 4 is 34.8 Å². The molecule has 4 amide bonds. The highest BCUT2D eigenvalue weighted by Gasteiger charge is 2.36. The summed E-state index contributed by atoms with van der Waals surface area (Å²) in [5, 5.41) is 6.52. The highest BCUT2D eigenvalue weighted by molar-refractivity contribution is 8.93. The van der Waals surface area contributed by atoms with Crippen LogP contribution in [0.25, 0.3) is 0 Å². The normalized spacial score (nSPS) is 15.0. The third-order valence-corrected chi connectivity index (χ3v) is 2.80. The molecule has 1 saturated heterocycles. The van der Waals surface area contributed by atoms with Crippen LogP contribution in [0, 0.1) is 0 Å². The first kappa shape index (κ1) is 28.4. The fourth-order valence-corrected chi connectivity index (χ4v) is 1.37. The Kier molecular flexibility index (Phi) is 16.9. The number of urea groups is 1. The molecule has 1 heterocycles. The monoisotopic (exact) mass is 423 g/mol. The van der Waals surface area contributed by atoms with Crippen LogP contribution >= 0.6 is 17.0 Å². The fraction of sp³-hybridized carbons (Fsp3) is 0.688. The number of hydrogen-bond acceptors (Lipinski definition) is 5. The van der Waals surface area contributed by atoms with E-state index in [-0.39, 0.29) is 28.8 Å². The molecule has 9 heteroatoms. The van der Waals surface area contributed by atoms with Crippen molar-refractivity contribution in [3.05, 3.63) is 11.6 Å². The van der Waals surface area contributed by atoms with E-state index in [4.69, 9.17) is 5.73 Å². The molecule has 148 valence electrons. The van der Waals surface area contributed by atoms with Gasteiger partial charge in [0.25, 0.3) is 5.91 Å². The Balaban J connectivity index is -0.000000288. The zero-order valence-corrected chi connectivity index (χ0v) is 18.1. The number of carbonyl (C=O) groups is 3. The zero-order valence-electron chi connectivity index (χ0n) is 16.4. The van der Waals surface area contributed by atoms with E-state index >= 15 is 0 Å². The van der Waals surface area contributed by atoms with Crippen LogP contribution in [0.4, 0.5) is 4.79 Å². The van der Waals surface area contributed by atoms with Crippen molar-refractivity contribution in [2.45, 2.75) is 53.0 Å². The van der Waals surface area contributed by atoms with E-state index in [2.05, 4.69) is 23.0 Å². The van der Waals surface area contributed by atoms with Crippen LogP contribution in [0.1, 0.15) is 47.5 Å². The van der Waals surface area contributed by atoms with E-state index in [9.17, 15) is 14.4 Å². The van der Waals surface area contributed by atoms with E-state index in [0.717, 1.165) is 13.0 Å². The molecule has 0 saturated carbocycles. The number of nitrogens with two attached hydrogens (primary N) is 1. The summed E-state index contributed by atoms with van der Waals surface area (Å²) in [4.78, 5) is 31.4. The zero-order chi connectivity index (χ0) is 19.3. The van der Waals surface area contributed by atoms with Gasteiger partial charge in [0, 0.05) is 26.2 Å². The van der Waals surface area contributed by atoms with Gasteiger partial charge in [0.05, 0.1) is 0 Å². The van der Waals surface area contributed by atoms with E-state index < -0.39 is 11.6 Å². The maximum absolute atomic E-state index is 10.7. The largest absolute Gasteiger partial charge is 0.366 e. The van der Waals surface area contributed by atoms with Crippen LogP contribution in [-0.4, -0.2) is 49.0 Å². The third kappa shape index (κ3) is 15.8. The van der Waals surface area contributed by atoms with Gasteiger partial charge >= 0.3 is 6.03 Å². The van der Waals surface area contributed by atoms with Crippen molar-refractivity contribution in [1.82, 2.24) is 21.1 Å². The van der Waals surface area contributed by atoms with Gasteiger partial charge < -0.3 is 11.1 Å². The number of amides is 4. The number of hydrazine groups is 1. The van der Waals surface area contributed by atoms with Gasteiger partial charge in [0.1, 0.15) is 5.54 Å². The van der Waals surface area contributed by atoms with Crippen molar-refractivity contribution in [3.63, 3.8) is 0 Å². The van der Waals surface area contributed by atoms with Crippen molar-refractivity contribution < 1.29 is 14.4 Å². The highest BCUT2D eigenvalue weighted by atomic mass is 79.9. The van der Waals surface area contributed by atoms with Gasteiger partial charge in [-0.1, -0.05) is 19.9 Å². The van der Waals surface area contributed by atoms with Gasteiger partial charge in [0.2, 0.25) is 5.91 Å².